The lowest BCUT2D eigenvalue weighted by Gasteiger charge is -2.22. The van der Waals surface area contributed by atoms with Crippen LogP contribution in [0.1, 0.15) is 23.7 Å². The molecule has 0 aliphatic rings. The minimum Gasteiger partial charge on any atom is -0.492 e. The number of fused-ring (bicyclic) bond motifs is 1. The van der Waals surface area contributed by atoms with E-state index in [0.29, 0.717) is 29.6 Å². The van der Waals surface area contributed by atoms with Crippen LogP contribution in [0.2, 0.25) is 0 Å². The number of sulfonamides is 1. The molecule has 0 bridgehead atoms. The van der Waals surface area contributed by atoms with E-state index in [1.54, 1.807) is 17.0 Å². The third-order valence-electron chi connectivity index (χ3n) is 5.54. The van der Waals surface area contributed by atoms with Crippen LogP contribution in [0, 0.1) is 0 Å². The van der Waals surface area contributed by atoms with Crippen molar-refractivity contribution < 1.29 is 17.9 Å². The summed E-state index contributed by atoms with van der Waals surface area (Å²) in [5.41, 5.74) is 1.10. The number of ether oxygens (including phenoxy) is 1. The number of carbonyl (C=O) groups excluding carboxylic acids is 1. The summed E-state index contributed by atoms with van der Waals surface area (Å²) in [6, 6.07) is 11.8. The van der Waals surface area contributed by atoms with Crippen LogP contribution in [-0.2, 0) is 10.0 Å². The Hall–Kier alpha value is -2.76. The van der Waals surface area contributed by atoms with Gasteiger partial charge < -0.3 is 9.64 Å². The maximum atomic E-state index is 13.7. The second-order valence-electron chi connectivity index (χ2n) is 8.57. The van der Waals surface area contributed by atoms with Crippen LogP contribution in [0.15, 0.2) is 72.7 Å². The van der Waals surface area contributed by atoms with Crippen LogP contribution in [0.25, 0.3) is 10.2 Å². The Bertz CT molecular complexity index is 1330. The standard InChI is InChI=1S/C27H34N4O4S2.ClH/c1-6-17-30(18-7-2)37(33,34)22-15-13-21(14-16-22)26(32)31(20-10-19-29(4)5)27-28-25-23(35-8-3)11-9-12-24(25)36-27;/h6-7,9,11-16H,1-2,8,10,17-20H2,3-5H3;1H. The summed E-state index contributed by atoms with van der Waals surface area (Å²) in [5.74, 6) is 0.440. The first-order chi connectivity index (χ1) is 17.7. The number of aromatic nitrogens is 1. The lowest BCUT2D eigenvalue weighted by Crippen LogP contribution is -2.33. The van der Waals surface area contributed by atoms with Gasteiger partial charge in [-0.1, -0.05) is 29.6 Å². The van der Waals surface area contributed by atoms with Crippen LogP contribution in [-0.4, -0.2) is 75.4 Å². The Kier molecular flexibility index (Phi) is 11.9. The molecule has 0 unspecified atom stereocenters. The van der Waals surface area contributed by atoms with Crippen molar-refractivity contribution in [3.05, 3.63) is 73.3 Å². The predicted molar refractivity (Wildman–Crippen MR) is 158 cm³/mol. The molecule has 0 saturated heterocycles. The third-order valence-corrected chi connectivity index (χ3v) is 8.43. The Morgan fingerprint density at radius 1 is 1.05 bits per heavy atom. The lowest BCUT2D eigenvalue weighted by atomic mass is 10.2. The van der Waals surface area contributed by atoms with E-state index in [1.165, 1.54) is 39.9 Å². The molecule has 0 fully saturated rings. The van der Waals surface area contributed by atoms with Gasteiger partial charge in [0, 0.05) is 25.2 Å². The average molecular weight is 579 g/mol. The van der Waals surface area contributed by atoms with Crippen molar-refractivity contribution in [1.29, 1.82) is 0 Å². The molecule has 2 aromatic carbocycles. The molecule has 206 valence electrons. The van der Waals surface area contributed by atoms with E-state index in [-0.39, 0.29) is 36.3 Å². The largest absolute Gasteiger partial charge is 0.492 e. The first-order valence-corrected chi connectivity index (χ1v) is 14.3. The molecule has 3 rings (SSSR count). The molecular formula is C27H35ClN4O4S2. The number of benzene rings is 2. The van der Waals surface area contributed by atoms with Crippen molar-refractivity contribution in [3.63, 3.8) is 0 Å². The van der Waals surface area contributed by atoms with Crippen molar-refractivity contribution in [3.8, 4) is 5.75 Å². The van der Waals surface area contributed by atoms with E-state index in [9.17, 15) is 13.2 Å². The number of rotatable bonds is 14. The van der Waals surface area contributed by atoms with Crippen molar-refractivity contribution in [2.24, 2.45) is 0 Å². The highest BCUT2D eigenvalue weighted by Gasteiger charge is 2.25. The zero-order chi connectivity index (χ0) is 27.0. The van der Waals surface area contributed by atoms with Crippen LogP contribution >= 0.6 is 23.7 Å². The fourth-order valence-corrected chi connectivity index (χ4v) is 6.15. The number of amides is 1. The van der Waals surface area contributed by atoms with Gasteiger partial charge in [0.1, 0.15) is 11.3 Å². The molecular weight excluding hydrogens is 544 g/mol. The van der Waals surface area contributed by atoms with E-state index in [0.717, 1.165) is 23.2 Å². The minimum absolute atomic E-state index is 0. The zero-order valence-electron chi connectivity index (χ0n) is 22.0. The van der Waals surface area contributed by atoms with Gasteiger partial charge in [0.15, 0.2) is 5.13 Å². The Morgan fingerprint density at radius 2 is 1.71 bits per heavy atom. The van der Waals surface area contributed by atoms with Gasteiger partial charge >= 0.3 is 0 Å². The molecule has 0 radical (unpaired) electrons. The summed E-state index contributed by atoms with van der Waals surface area (Å²) < 4.78 is 34.0. The number of hydrogen-bond donors (Lipinski definition) is 0. The van der Waals surface area contributed by atoms with Crippen LogP contribution in [0.5, 0.6) is 5.75 Å². The van der Waals surface area contributed by atoms with Crippen LogP contribution in [0.4, 0.5) is 5.13 Å². The Morgan fingerprint density at radius 3 is 2.29 bits per heavy atom. The number of para-hydroxylation sites is 1. The summed E-state index contributed by atoms with van der Waals surface area (Å²) in [6.07, 6.45) is 3.80. The number of carbonyl (C=O) groups is 1. The van der Waals surface area contributed by atoms with Crippen LogP contribution in [0.3, 0.4) is 0 Å². The molecule has 0 saturated carbocycles. The van der Waals surface area contributed by atoms with Gasteiger partial charge in [-0.2, -0.15) is 4.31 Å². The molecule has 38 heavy (non-hydrogen) atoms. The van der Waals surface area contributed by atoms with E-state index in [2.05, 4.69) is 18.1 Å². The number of halogens is 1. The topological polar surface area (TPSA) is 83.1 Å². The van der Waals surface area contributed by atoms with Gasteiger partial charge in [-0.05, 0) is 70.4 Å². The monoisotopic (exact) mass is 578 g/mol. The first kappa shape index (κ1) is 31.5. The molecule has 0 aliphatic carbocycles. The lowest BCUT2D eigenvalue weighted by molar-refractivity contribution is 0.0986. The van der Waals surface area contributed by atoms with E-state index in [1.807, 2.05) is 39.2 Å². The smallest absolute Gasteiger partial charge is 0.260 e. The quantitative estimate of drug-likeness (QED) is 0.248. The molecule has 0 N–H and O–H groups in total. The summed E-state index contributed by atoms with van der Waals surface area (Å²) >= 11 is 1.43. The van der Waals surface area contributed by atoms with Crippen molar-refractivity contribution in [1.82, 2.24) is 14.2 Å². The zero-order valence-corrected chi connectivity index (χ0v) is 24.4. The summed E-state index contributed by atoms with van der Waals surface area (Å²) in [6.45, 7) is 11.3. The Labute approximate surface area is 235 Å². The Balaban J connectivity index is 0.00000507. The van der Waals surface area contributed by atoms with E-state index >= 15 is 0 Å². The van der Waals surface area contributed by atoms with Crippen LogP contribution < -0.4 is 9.64 Å². The minimum atomic E-state index is -3.76. The molecule has 0 atom stereocenters. The van der Waals surface area contributed by atoms with Gasteiger partial charge in [-0.3, -0.25) is 9.69 Å². The maximum Gasteiger partial charge on any atom is 0.260 e. The van der Waals surface area contributed by atoms with Gasteiger partial charge in [-0.25, -0.2) is 13.4 Å². The molecule has 1 aromatic heterocycles. The average Bonchev–Trinajstić information content (AvgIpc) is 3.31. The van der Waals surface area contributed by atoms with Crippen molar-refractivity contribution in [2.45, 2.75) is 18.2 Å². The van der Waals surface area contributed by atoms with Gasteiger partial charge in [0.2, 0.25) is 10.0 Å². The third kappa shape index (κ3) is 7.42. The highest BCUT2D eigenvalue weighted by molar-refractivity contribution is 7.89. The number of nitrogens with zero attached hydrogens (tertiary/aromatic N) is 4. The fourth-order valence-electron chi connectivity index (χ4n) is 3.76. The summed E-state index contributed by atoms with van der Waals surface area (Å²) in [4.78, 5) is 22.3. The highest BCUT2D eigenvalue weighted by atomic mass is 35.5. The second kappa shape index (κ2) is 14.4. The number of hydrogen-bond acceptors (Lipinski definition) is 7. The van der Waals surface area contributed by atoms with E-state index in [4.69, 9.17) is 9.72 Å². The van der Waals surface area contributed by atoms with Gasteiger partial charge in [-0.15, -0.1) is 25.6 Å². The molecule has 0 aliphatic heterocycles. The van der Waals surface area contributed by atoms with Gasteiger partial charge in [0.05, 0.1) is 16.2 Å². The molecule has 0 spiro atoms. The van der Waals surface area contributed by atoms with Crippen molar-refractivity contribution >= 4 is 55.0 Å². The molecule has 1 amide bonds. The predicted octanol–water partition coefficient (Wildman–Crippen LogP) is 5.08. The summed E-state index contributed by atoms with van der Waals surface area (Å²) in [5, 5.41) is 0.575. The molecule has 8 nitrogen and oxygen atoms in total. The number of thiazole rings is 1. The molecule has 3 aromatic rings. The van der Waals surface area contributed by atoms with Gasteiger partial charge in [0.25, 0.3) is 5.91 Å². The number of anilines is 1. The summed E-state index contributed by atoms with van der Waals surface area (Å²) in [7, 11) is 0.216. The van der Waals surface area contributed by atoms with E-state index < -0.39 is 10.0 Å². The molecule has 1 heterocycles. The normalized spacial score (nSPS) is 11.4. The fraction of sp³-hybridized carbons (Fsp3) is 0.333. The maximum absolute atomic E-state index is 13.7. The highest BCUT2D eigenvalue weighted by Crippen LogP contribution is 2.35. The van der Waals surface area contributed by atoms with Crippen molar-refractivity contribution in [2.75, 3.05) is 51.8 Å². The SMILES string of the molecule is C=CCN(CC=C)S(=O)(=O)c1ccc(C(=O)N(CCCN(C)C)c2nc3c(OCC)cccc3s2)cc1.Cl. The second-order valence-corrected chi connectivity index (χ2v) is 11.5. The first-order valence-electron chi connectivity index (χ1n) is 12.0. The molecule has 11 heteroatoms.